The summed E-state index contributed by atoms with van der Waals surface area (Å²) in [5.41, 5.74) is 7.73. The van der Waals surface area contributed by atoms with Gasteiger partial charge in [-0.2, -0.15) is 0 Å². The average Bonchev–Trinajstić information content (AvgIpc) is 2.56. The van der Waals surface area contributed by atoms with Crippen LogP contribution in [0.3, 0.4) is 0 Å². The Morgan fingerprint density at radius 1 is 1.08 bits per heavy atom. The van der Waals surface area contributed by atoms with E-state index in [9.17, 15) is 14.4 Å². The van der Waals surface area contributed by atoms with E-state index < -0.39 is 23.8 Å². The molecule has 0 aromatic heterocycles. The Morgan fingerprint density at radius 2 is 1.72 bits per heavy atom. The number of hydrogen-bond acceptors (Lipinski definition) is 4. The monoisotopic (exact) mass is 340 g/mol. The maximum absolute atomic E-state index is 12.3. The molecular weight excluding hydrogens is 320 g/mol. The van der Waals surface area contributed by atoms with Crippen molar-refractivity contribution in [1.29, 1.82) is 0 Å². The molecule has 25 heavy (non-hydrogen) atoms. The largest absolute Gasteiger partial charge is 0.427 e. The molecule has 3 N–H and O–H groups in total. The highest BCUT2D eigenvalue weighted by atomic mass is 16.5. The van der Waals surface area contributed by atoms with Crippen LogP contribution in [0.25, 0.3) is 0 Å². The molecule has 0 aliphatic heterocycles. The van der Waals surface area contributed by atoms with Crippen LogP contribution in [0, 0.1) is 6.92 Å². The fourth-order valence-corrected chi connectivity index (χ4v) is 2.36. The van der Waals surface area contributed by atoms with Crippen LogP contribution >= 0.6 is 0 Å². The second kappa shape index (κ2) is 8.10. The minimum Gasteiger partial charge on any atom is -0.427 e. The highest BCUT2D eigenvalue weighted by Crippen LogP contribution is 2.14. The third-order valence-electron chi connectivity index (χ3n) is 3.71. The van der Waals surface area contributed by atoms with Crippen molar-refractivity contribution in [2.75, 3.05) is 0 Å². The molecule has 6 heteroatoms. The van der Waals surface area contributed by atoms with E-state index in [4.69, 9.17) is 10.5 Å². The number of hydrogen-bond donors (Lipinski definition) is 2. The van der Waals surface area contributed by atoms with Gasteiger partial charge in [0.25, 0.3) is 5.91 Å². The summed E-state index contributed by atoms with van der Waals surface area (Å²) in [6, 6.07) is 12.8. The number of carbonyl (C=O) groups excluding carboxylic acids is 3. The minimum atomic E-state index is -0.818. The smallest absolute Gasteiger partial charge is 0.308 e. The first-order chi connectivity index (χ1) is 11.9. The Balaban J connectivity index is 2.08. The molecule has 0 aliphatic rings. The predicted octanol–water partition coefficient (Wildman–Crippen LogP) is 1.75. The number of rotatable bonds is 6. The molecule has 0 spiro atoms. The van der Waals surface area contributed by atoms with Gasteiger partial charge in [-0.05, 0) is 42.3 Å². The van der Waals surface area contributed by atoms with E-state index in [1.165, 1.54) is 31.2 Å². The number of benzene rings is 2. The molecule has 2 rings (SSSR count). The molecule has 0 aliphatic carbocycles. The average molecular weight is 340 g/mol. The van der Waals surface area contributed by atoms with Crippen LogP contribution in [0.5, 0.6) is 5.75 Å². The van der Waals surface area contributed by atoms with E-state index in [1.54, 1.807) is 0 Å². The third-order valence-corrected chi connectivity index (χ3v) is 3.71. The number of ether oxygens (including phenoxy) is 1. The van der Waals surface area contributed by atoms with E-state index >= 15 is 0 Å². The topological polar surface area (TPSA) is 98.5 Å². The third kappa shape index (κ3) is 5.17. The molecule has 6 nitrogen and oxygen atoms in total. The molecule has 2 aromatic carbocycles. The summed E-state index contributed by atoms with van der Waals surface area (Å²) in [7, 11) is 0. The minimum absolute atomic E-state index is 0.319. The van der Waals surface area contributed by atoms with Crippen molar-refractivity contribution < 1.29 is 19.1 Å². The van der Waals surface area contributed by atoms with Crippen LogP contribution in [0.15, 0.2) is 48.5 Å². The van der Waals surface area contributed by atoms with Gasteiger partial charge in [-0.1, -0.05) is 24.3 Å². The quantitative estimate of drug-likeness (QED) is 0.618. The molecule has 0 saturated heterocycles. The fraction of sp³-hybridized carbons (Fsp3) is 0.211. The van der Waals surface area contributed by atoms with Gasteiger partial charge in [0, 0.05) is 18.9 Å². The fourth-order valence-electron chi connectivity index (χ4n) is 2.36. The van der Waals surface area contributed by atoms with Crippen molar-refractivity contribution in [1.82, 2.24) is 5.32 Å². The number of carbonyl (C=O) groups is 3. The van der Waals surface area contributed by atoms with Gasteiger partial charge in [0.05, 0.1) is 0 Å². The van der Waals surface area contributed by atoms with Crippen LogP contribution in [0.1, 0.15) is 28.4 Å². The van der Waals surface area contributed by atoms with Crippen LogP contribution < -0.4 is 15.8 Å². The zero-order chi connectivity index (χ0) is 18.4. The van der Waals surface area contributed by atoms with Gasteiger partial charge in [-0.15, -0.1) is 0 Å². The molecule has 2 aromatic rings. The van der Waals surface area contributed by atoms with Gasteiger partial charge in [-0.3, -0.25) is 14.4 Å². The van der Waals surface area contributed by atoms with Gasteiger partial charge in [-0.25, -0.2) is 0 Å². The molecule has 0 saturated carbocycles. The maximum Gasteiger partial charge on any atom is 0.308 e. The second-order valence-electron chi connectivity index (χ2n) is 5.68. The van der Waals surface area contributed by atoms with Crippen LogP contribution in [-0.4, -0.2) is 23.8 Å². The van der Waals surface area contributed by atoms with E-state index in [-0.39, 0.29) is 0 Å². The summed E-state index contributed by atoms with van der Waals surface area (Å²) < 4.78 is 4.92. The van der Waals surface area contributed by atoms with E-state index in [1.807, 2.05) is 31.2 Å². The highest BCUT2D eigenvalue weighted by molar-refractivity contribution is 5.97. The Morgan fingerprint density at radius 3 is 2.28 bits per heavy atom. The van der Waals surface area contributed by atoms with Crippen molar-refractivity contribution in [3.63, 3.8) is 0 Å². The maximum atomic E-state index is 12.3. The summed E-state index contributed by atoms with van der Waals surface area (Å²) in [6.45, 7) is 3.23. The SMILES string of the molecule is CC(=O)Oc1ccc(C(=O)N[C@@H](Cc2ccccc2C)C(N)=O)cc1. The zero-order valence-electron chi connectivity index (χ0n) is 14.1. The first-order valence-electron chi connectivity index (χ1n) is 7.80. The van der Waals surface area contributed by atoms with Gasteiger partial charge < -0.3 is 15.8 Å². The van der Waals surface area contributed by atoms with E-state index in [0.29, 0.717) is 17.7 Å². The van der Waals surface area contributed by atoms with Crippen LogP contribution in [-0.2, 0) is 16.0 Å². The Kier molecular flexibility index (Phi) is 5.89. The molecule has 2 amide bonds. The van der Waals surface area contributed by atoms with Crippen molar-refractivity contribution in [2.24, 2.45) is 5.73 Å². The number of nitrogens with two attached hydrogens (primary N) is 1. The van der Waals surface area contributed by atoms with Gasteiger partial charge in [0.15, 0.2) is 0 Å². The summed E-state index contributed by atoms with van der Waals surface area (Å²) in [4.78, 5) is 34.9. The highest BCUT2D eigenvalue weighted by Gasteiger charge is 2.20. The molecule has 130 valence electrons. The molecule has 0 bridgehead atoms. The Bertz CT molecular complexity index is 784. The first-order valence-corrected chi connectivity index (χ1v) is 7.80. The van der Waals surface area contributed by atoms with Gasteiger partial charge in [0.1, 0.15) is 11.8 Å². The van der Waals surface area contributed by atoms with Crippen molar-refractivity contribution in [3.8, 4) is 5.75 Å². The molecular formula is C19H20N2O4. The lowest BCUT2D eigenvalue weighted by Gasteiger charge is -2.17. The van der Waals surface area contributed by atoms with Gasteiger partial charge >= 0.3 is 5.97 Å². The summed E-state index contributed by atoms with van der Waals surface area (Å²) in [6.07, 6.45) is 0.319. The van der Waals surface area contributed by atoms with E-state index in [2.05, 4.69) is 5.32 Å². The summed E-state index contributed by atoms with van der Waals surface area (Å²) in [5.74, 6) is -1.13. The number of esters is 1. The molecule has 0 unspecified atom stereocenters. The predicted molar refractivity (Wildman–Crippen MR) is 93.1 cm³/mol. The zero-order valence-corrected chi connectivity index (χ0v) is 14.1. The molecule has 0 radical (unpaired) electrons. The Labute approximate surface area is 146 Å². The lowest BCUT2D eigenvalue weighted by molar-refractivity contribution is -0.131. The van der Waals surface area contributed by atoms with Gasteiger partial charge in [0.2, 0.25) is 5.91 Å². The second-order valence-corrected chi connectivity index (χ2v) is 5.68. The Hall–Kier alpha value is -3.15. The molecule has 1 atom stereocenters. The first kappa shape index (κ1) is 18.2. The summed E-state index contributed by atoms with van der Waals surface area (Å²) in [5, 5.41) is 2.65. The lowest BCUT2D eigenvalue weighted by Crippen LogP contribution is -2.45. The number of amides is 2. The van der Waals surface area contributed by atoms with Crippen LogP contribution in [0.2, 0.25) is 0 Å². The standard InChI is InChI=1S/C19H20N2O4/c1-12-5-3-4-6-15(12)11-17(18(20)23)21-19(24)14-7-9-16(10-8-14)25-13(2)22/h3-10,17H,11H2,1-2H3,(H2,20,23)(H,21,24)/t17-/m0/s1. The molecule has 0 heterocycles. The van der Waals surface area contributed by atoms with Crippen molar-refractivity contribution in [2.45, 2.75) is 26.3 Å². The number of nitrogens with one attached hydrogen (secondary N) is 1. The van der Waals surface area contributed by atoms with Crippen LogP contribution in [0.4, 0.5) is 0 Å². The molecule has 0 fully saturated rings. The van der Waals surface area contributed by atoms with Crippen molar-refractivity contribution >= 4 is 17.8 Å². The lowest BCUT2D eigenvalue weighted by atomic mass is 10.0. The number of primary amides is 1. The summed E-state index contributed by atoms with van der Waals surface area (Å²) >= 11 is 0. The van der Waals surface area contributed by atoms with Crippen molar-refractivity contribution in [3.05, 3.63) is 65.2 Å². The number of aryl methyl sites for hydroxylation is 1. The van der Waals surface area contributed by atoms with E-state index in [0.717, 1.165) is 11.1 Å². The normalized spacial score (nSPS) is 11.4.